The number of nitrogens with one attached hydrogen (secondary N) is 1. The third-order valence-corrected chi connectivity index (χ3v) is 4.73. The van der Waals surface area contributed by atoms with Gasteiger partial charge in [-0.15, -0.1) is 0 Å². The smallest absolute Gasteiger partial charge is 0.310 e. The first-order valence-corrected chi connectivity index (χ1v) is 8.51. The number of carbonyl (C=O) groups is 1. The molecule has 1 aliphatic rings. The number of amides is 1. The number of nitro groups is 1. The zero-order valence-corrected chi connectivity index (χ0v) is 12.7. The molecule has 1 aromatic heterocycles. The van der Waals surface area contributed by atoms with Gasteiger partial charge in [0.2, 0.25) is 15.9 Å². The Hall–Kier alpha value is -2.07. The number of rotatable bonds is 4. The highest BCUT2D eigenvalue weighted by atomic mass is 32.2. The van der Waals surface area contributed by atoms with Gasteiger partial charge in [-0.3, -0.25) is 19.9 Å². The Morgan fingerprint density at radius 3 is 2.86 bits per heavy atom. The van der Waals surface area contributed by atoms with Gasteiger partial charge in [0, 0.05) is 12.7 Å². The molecular weight excluding hydrogens is 312 g/mol. The molecule has 1 amide bonds. The van der Waals surface area contributed by atoms with E-state index in [-0.39, 0.29) is 17.9 Å². The lowest BCUT2D eigenvalue weighted by Gasteiger charge is -2.32. The van der Waals surface area contributed by atoms with Crippen LogP contribution in [0.1, 0.15) is 19.3 Å². The number of pyridine rings is 1. The number of piperidine rings is 1. The van der Waals surface area contributed by atoms with Gasteiger partial charge in [0.1, 0.15) is 17.9 Å². The number of carbonyl (C=O) groups excluding carboxylic acids is 1. The van der Waals surface area contributed by atoms with Gasteiger partial charge in [-0.05, 0) is 18.9 Å². The maximum Gasteiger partial charge on any atom is 0.310 e. The maximum atomic E-state index is 12.3. The van der Waals surface area contributed by atoms with E-state index in [4.69, 9.17) is 0 Å². The highest BCUT2D eigenvalue weighted by Crippen LogP contribution is 2.25. The molecule has 1 N–H and O–H groups in total. The van der Waals surface area contributed by atoms with Crippen molar-refractivity contribution < 1.29 is 18.1 Å². The minimum atomic E-state index is -3.51. The van der Waals surface area contributed by atoms with Crippen LogP contribution in [0.15, 0.2) is 18.5 Å². The van der Waals surface area contributed by atoms with Crippen LogP contribution < -0.4 is 5.32 Å². The number of hydrogen-bond donors (Lipinski definition) is 1. The van der Waals surface area contributed by atoms with Crippen LogP contribution in [0.2, 0.25) is 0 Å². The molecule has 1 fully saturated rings. The quantitative estimate of drug-likeness (QED) is 0.642. The topological polar surface area (TPSA) is 123 Å². The molecule has 1 saturated heterocycles. The summed E-state index contributed by atoms with van der Waals surface area (Å²) in [5.74, 6) is -0.570. The molecule has 22 heavy (non-hydrogen) atoms. The average molecular weight is 328 g/mol. The third kappa shape index (κ3) is 3.57. The van der Waals surface area contributed by atoms with Gasteiger partial charge in [-0.1, -0.05) is 6.42 Å². The van der Waals surface area contributed by atoms with Crippen LogP contribution in [0.3, 0.4) is 0 Å². The normalized spacial score (nSPS) is 19.6. The summed E-state index contributed by atoms with van der Waals surface area (Å²) in [7, 11) is -3.51. The van der Waals surface area contributed by atoms with Crippen LogP contribution in [0.5, 0.6) is 0 Å². The van der Waals surface area contributed by atoms with E-state index in [1.54, 1.807) is 0 Å². The van der Waals surface area contributed by atoms with Crippen LogP contribution >= 0.6 is 0 Å². The van der Waals surface area contributed by atoms with Gasteiger partial charge >= 0.3 is 5.69 Å². The molecule has 9 nitrogen and oxygen atoms in total. The van der Waals surface area contributed by atoms with Crippen molar-refractivity contribution in [3.8, 4) is 0 Å². The number of anilines is 1. The van der Waals surface area contributed by atoms with E-state index in [9.17, 15) is 23.3 Å². The van der Waals surface area contributed by atoms with E-state index in [0.29, 0.717) is 12.8 Å². The van der Waals surface area contributed by atoms with Gasteiger partial charge in [0.25, 0.3) is 0 Å². The van der Waals surface area contributed by atoms with E-state index in [0.717, 1.165) is 23.2 Å². The van der Waals surface area contributed by atoms with Crippen LogP contribution in [0.25, 0.3) is 0 Å². The molecule has 0 saturated carbocycles. The first-order chi connectivity index (χ1) is 10.3. The molecule has 0 bridgehead atoms. The zero-order chi connectivity index (χ0) is 16.3. The second kappa shape index (κ2) is 6.36. The van der Waals surface area contributed by atoms with Gasteiger partial charge in [0.15, 0.2) is 0 Å². The Kier molecular flexibility index (Phi) is 4.71. The Balaban J connectivity index is 2.23. The van der Waals surface area contributed by atoms with E-state index in [1.165, 1.54) is 12.3 Å². The van der Waals surface area contributed by atoms with E-state index in [1.807, 2.05) is 0 Å². The number of aromatic nitrogens is 1. The van der Waals surface area contributed by atoms with Gasteiger partial charge < -0.3 is 5.32 Å². The molecule has 0 radical (unpaired) electrons. The Morgan fingerprint density at radius 1 is 1.50 bits per heavy atom. The number of hydrogen-bond acceptors (Lipinski definition) is 6. The molecule has 1 aromatic rings. The molecule has 10 heteroatoms. The average Bonchev–Trinajstić information content (AvgIpc) is 2.46. The highest BCUT2D eigenvalue weighted by molar-refractivity contribution is 7.88. The highest BCUT2D eigenvalue weighted by Gasteiger charge is 2.35. The predicted octanol–water partition coefficient (Wildman–Crippen LogP) is 0.742. The summed E-state index contributed by atoms with van der Waals surface area (Å²) >= 11 is 0. The second-order valence-corrected chi connectivity index (χ2v) is 6.96. The molecule has 2 heterocycles. The van der Waals surface area contributed by atoms with Crippen LogP contribution in [-0.2, 0) is 14.8 Å². The van der Waals surface area contributed by atoms with Crippen LogP contribution in [0, 0.1) is 10.1 Å². The summed E-state index contributed by atoms with van der Waals surface area (Å²) in [6.07, 6.45) is 5.20. The Bertz CT molecular complexity index is 691. The molecule has 0 aromatic carbocycles. The molecular formula is C12H16N4O5S. The standard InChI is InChI=1S/C12H16N4O5S/c1-22(20,21)15-7-3-2-4-10(15)12(17)14-9-5-6-13-8-11(9)16(18)19/h5-6,8,10H,2-4,7H2,1H3,(H,13,14,17)/t10-/m1/s1. The summed E-state index contributed by atoms with van der Waals surface area (Å²) < 4.78 is 24.7. The SMILES string of the molecule is CS(=O)(=O)N1CCCC[C@@H]1C(=O)Nc1ccncc1[N+](=O)[O-]. The molecule has 120 valence electrons. The predicted molar refractivity (Wildman–Crippen MR) is 78.7 cm³/mol. The van der Waals surface area contributed by atoms with Crippen molar-refractivity contribution in [1.82, 2.24) is 9.29 Å². The first kappa shape index (κ1) is 16.3. The summed E-state index contributed by atoms with van der Waals surface area (Å²) in [4.78, 5) is 26.2. The Labute approximate surface area is 127 Å². The monoisotopic (exact) mass is 328 g/mol. The van der Waals surface area contributed by atoms with Gasteiger partial charge in [-0.2, -0.15) is 4.31 Å². The summed E-state index contributed by atoms with van der Waals surface area (Å²) in [6.45, 7) is 0.273. The first-order valence-electron chi connectivity index (χ1n) is 6.67. The van der Waals surface area contributed by atoms with Crippen molar-refractivity contribution in [3.05, 3.63) is 28.6 Å². The molecule has 0 unspecified atom stereocenters. The zero-order valence-electron chi connectivity index (χ0n) is 11.9. The fourth-order valence-corrected chi connectivity index (χ4v) is 3.54. The van der Waals surface area contributed by atoms with Gasteiger partial charge in [0.05, 0.1) is 11.2 Å². The molecule has 0 aliphatic carbocycles. The lowest BCUT2D eigenvalue weighted by Crippen LogP contribution is -2.49. The minimum absolute atomic E-state index is 0.00373. The van der Waals surface area contributed by atoms with Crippen LogP contribution in [-0.4, -0.2) is 47.4 Å². The van der Waals surface area contributed by atoms with Crippen molar-refractivity contribution in [1.29, 1.82) is 0 Å². The number of nitrogens with zero attached hydrogens (tertiary/aromatic N) is 3. The van der Waals surface area contributed by atoms with E-state index >= 15 is 0 Å². The summed E-state index contributed by atoms with van der Waals surface area (Å²) in [5.41, 5.74) is -0.332. The fourth-order valence-electron chi connectivity index (χ4n) is 2.42. The molecule has 1 atom stereocenters. The molecule has 1 aliphatic heterocycles. The summed E-state index contributed by atoms with van der Waals surface area (Å²) in [5, 5.41) is 13.3. The van der Waals surface area contributed by atoms with Crippen molar-refractivity contribution in [2.45, 2.75) is 25.3 Å². The Morgan fingerprint density at radius 2 is 2.23 bits per heavy atom. The maximum absolute atomic E-state index is 12.3. The largest absolute Gasteiger partial charge is 0.319 e. The van der Waals surface area contributed by atoms with Crippen molar-refractivity contribution >= 4 is 27.3 Å². The lowest BCUT2D eigenvalue weighted by atomic mass is 10.0. The van der Waals surface area contributed by atoms with E-state index in [2.05, 4.69) is 10.3 Å². The molecule has 0 spiro atoms. The van der Waals surface area contributed by atoms with Crippen molar-refractivity contribution in [3.63, 3.8) is 0 Å². The lowest BCUT2D eigenvalue weighted by molar-refractivity contribution is -0.384. The number of sulfonamides is 1. The minimum Gasteiger partial charge on any atom is -0.319 e. The fraction of sp³-hybridized carbons (Fsp3) is 0.500. The van der Waals surface area contributed by atoms with Gasteiger partial charge in [-0.25, -0.2) is 8.42 Å². The molecule has 2 rings (SSSR count). The van der Waals surface area contributed by atoms with Crippen molar-refractivity contribution in [2.24, 2.45) is 0 Å². The van der Waals surface area contributed by atoms with Crippen molar-refractivity contribution in [2.75, 3.05) is 18.1 Å². The second-order valence-electron chi connectivity index (χ2n) is 5.02. The van der Waals surface area contributed by atoms with Crippen LogP contribution in [0.4, 0.5) is 11.4 Å². The summed E-state index contributed by atoms with van der Waals surface area (Å²) in [6, 6.07) is 0.459. The van der Waals surface area contributed by atoms with E-state index < -0.39 is 26.9 Å². The third-order valence-electron chi connectivity index (χ3n) is 3.44.